The van der Waals surface area contributed by atoms with Crippen molar-refractivity contribution in [3.63, 3.8) is 0 Å². The van der Waals surface area contributed by atoms with E-state index >= 15 is 0 Å². The first-order chi connectivity index (χ1) is 10.1. The van der Waals surface area contributed by atoms with Gasteiger partial charge in [-0.2, -0.15) is 0 Å². The molecule has 108 valence electrons. The third-order valence-corrected chi connectivity index (χ3v) is 3.98. The molecule has 0 bridgehead atoms. The molecule has 1 saturated carbocycles. The second-order valence-corrected chi connectivity index (χ2v) is 5.97. The third kappa shape index (κ3) is 2.71. The van der Waals surface area contributed by atoms with Crippen LogP contribution in [0.4, 0.5) is 0 Å². The van der Waals surface area contributed by atoms with Gasteiger partial charge in [0.2, 0.25) is 0 Å². The van der Waals surface area contributed by atoms with Crippen LogP contribution in [0, 0.1) is 0 Å². The van der Waals surface area contributed by atoms with Crippen LogP contribution in [0.3, 0.4) is 0 Å². The van der Waals surface area contributed by atoms with E-state index in [0.29, 0.717) is 0 Å². The van der Waals surface area contributed by atoms with Crippen LogP contribution in [0.15, 0.2) is 54.6 Å². The molecule has 21 heavy (non-hydrogen) atoms. The van der Waals surface area contributed by atoms with Crippen molar-refractivity contribution in [2.24, 2.45) is 0 Å². The Morgan fingerprint density at radius 2 is 1.76 bits per heavy atom. The molecule has 0 unspecified atom stereocenters. The molecule has 3 rings (SSSR count). The van der Waals surface area contributed by atoms with Crippen LogP contribution in [-0.4, -0.2) is 11.9 Å². The van der Waals surface area contributed by atoms with Crippen molar-refractivity contribution >= 4 is 5.78 Å². The van der Waals surface area contributed by atoms with Crippen LogP contribution in [0.1, 0.15) is 42.6 Å². The maximum absolute atomic E-state index is 12.9. The van der Waals surface area contributed by atoms with Gasteiger partial charge in [-0.25, -0.2) is 0 Å². The van der Waals surface area contributed by atoms with Crippen molar-refractivity contribution in [2.75, 3.05) is 0 Å². The van der Waals surface area contributed by atoms with Gasteiger partial charge in [-0.15, -0.1) is 0 Å². The number of carbonyl (C=O) groups is 1. The van der Waals surface area contributed by atoms with Gasteiger partial charge in [0.15, 0.2) is 5.78 Å². The maximum Gasteiger partial charge on any atom is 0.173 e. The van der Waals surface area contributed by atoms with Gasteiger partial charge in [0, 0.05) is 5.56 Å². The fourth-order valence-corrected chi connectivity index (χ4v) is 2.79. The molecule has 1 aliphatic carbocycles. The molecule has 0 atom stereocenters. The standard InChI is InChI=1S/C19H20O2/c1-14(2)21-17-10-6-7-15(13-17)18(20)19(11-12-19)16-8-4-3-5-9-16/h3-10,13-14H,11-12H2,1-2H3. The lowest BCUT2D eigenvalue weighted by Crippen LogP contribution is -2.20. The lowest BCUT2D eigenvalue weighted by Gasteiger charge is -2.16. The molecule has 0 spiro atoms. The van der Waals surface area contributed by atoms with E-state index in [2.05, 4.69) is 12.1 Å². The molecule has 0 radical (unpaired) electrons. The average molecular weight is 280 g/mol. The quantitative estimate of drug-likeness (QED) is 0.759. The van der Waals surface area contributed by atoms with Gasteiger partial charge < -0.3 is 4.74 Å². The van der Waals surface area contributed by atoms with Gasteiger partial charge >= 0.3 is 0 Å². The van der Waals surface area contributed by atoms with E-state index in [-0.39, 0.29) is 17.3 Å². The van der Waals surface area contributed by atoms with Gasteiger partial charge in [0.05, 0.1) is 11.5 Å². The highest BCUT2D eigenvalue weighted by Gasteiger charge is 2.51. The minimum atomic E-state index is -0.308. The largest absolute Gasteiger partial charge is 0.491 e. The Kier molecular flexibility index (Phi) is 3.54. The van der Waals surface area contributed by atoms with Crippen molar-refractivity contribution in [2.45, 2.75) is 38.2 Å². The smallest absolute Gasteiger partial charge is 0.173 e. The summed E-state index contributed by atoms with van der Waals surface area (Å²) in [6.07, 6.45) is 1.98. The van der Waals surface area contributed by atoms with Gasteiger partial charge in [-0.3, -0.25) is 4.79 Å². The predicted molar refractivity (Wildman–Crippen MR) is 83.9 cm³/mol. The second-order valence-electron chi connectivity index (χ2n) is 5.97. The van der Waals surface area contributed by atoms with E-state index in [1.54, 1.807) is 0 Å². The van der Waals surface area contributed by atoms with Crippen molar-refractivity contribution in [3.8, 4) is 5.75 Å². The lowest BCUT2D eigenvalue weighted by molar-refractivity contribution is 0.0945. The highest BCUT2D eigenvalue weighted by molar-refractivity contribution is 6.06. The summed E-state index contributed by atoms with van der Waals surface area (Å²) in [7, 11) is 0. The van der Waals surface area contributed by atoms with Gasteiger partial charge in [0.1, 0.15) is 5.75 Å². The van der Waals surface area contributed by atoms with Crippen LogP contribution in [0.5, 0.6) is 5.75 Å². The van der Waals surface area contributed by atoms with Gasteiger partial charge in [-0.05, 0) is 44.4 Å². The summed E-state index contributed by atoms with van der Waals surface area (Å²) in [5.74, 6) is 0.975. The fourth-order valence-electron chi connectivity index (χ4n) is 2.79. The highest BCUT2D eigenvalue weighted by atomic mass is 16.5. The number of rotatable bonds is 5. The van der Waals surface area contributed by atoms with E-state index in [0.717, 1.165) is 29.7 Å². The summed E-state index contributed by atoms with van der Waals surface area (Å²) in [5, 5.41) is 0. The Morgan fingerprint density at radius 1 is 1.05 bits per heavy atom. The average Bonchev–Trinajstić information content (AvgIpc) is 3.29. The van der Waals surface area contributed by atoms with Crippen molar-refractivity contribution in [1.29, 1.82) is 0 Å². The summed E-state index contributed by atoms with van der Waals surface area (Å²) in [6.45, 7) is 3.97. The first-order valence-electron chi connectivity index (χ1n) is 7.49. The van der Waals surface area contributed by atoms with E-state index in [4.69, 9.17) is 4.74 Å². The molecule has 2 heteroatoms. The molecule has 2 aromatic rings. The number of carbonyl (C=O) groups excluding carboxylic acids is 1. The molecular weight excluding hydrogens is 260 g/mol. The third-order valence-electron chi connectivity index (χ3n) is 3.98. The zero-order chi connectivity index (χ0) is 14.9. The Hall–Kier alpha value is -2.09. The molecular formula is C19H20O2. The summed E-state index contributed by atoms with van der Waals surface area (Å²) >= 11 is 0. The first kappa shape index (κ1) is 13.9. The van der Waals surface area contributed by atoms with E-state index in [9.17, 15) is 4.79 Å². The molecule has 0 amide bonds. The fraction of sp³-hybridized carbons (Fsp3) is 0.316. The zero-order valence-corrected chi connectivity index (χ0v) is 12.5. The minimum Gasteiger partial charge on any atom is -0.491 e. The normalized spacial score (nSPS) is 15.8. The number of hydrogen-bond donors (Lipinski definition) is 0. The summed E-state index contributed by atoms with van der Waals surface area (Å²) in [5.41, 5.74) is 1.57. The number of benzene rings is 2. The van der Waals surface area contributed by atoms with Crippen LogP contribution >= 0.6 is 0 Å². The minimum absolute atomic E-state index is 0.111. The summed E-state index contributed by atoms with van der Waals surface area (Å²) in [4.78, 5) is 12.9. The van der Waals surface area contributed by atoms with Crippen LogP contribution in [0.2, 0.25) is 0 Å². The number of Topliss-reactive ketones (excluding diaryl/α,β-unsaturated/α-hetero) is 1. The molecule has 2 aromatic carbocycles. The Morgan fingerprint density at radius 3 is 2.38 bits per heavy atom. The molecule has 2 nitrogen and oxygen atoms in total. The van der Waals surface area contributed by atoms with Crippen molar-refractivity contribution in [1.82, 2.24) is 0 Å². The van der Waals surface area contributed by atoms with Crippen LogP contribution in [0.25, 0.3) is 0 Å². The Bertz CT molecular complexity index is 640. The van der Waals surface area contributed by atoms with Crippen molar-refractivity contribution < 1.29 is 9.53 Å². The highest BCUT2D eigenvalue weighted by Crippen LogP contribution is 2.50. The molecule has 0 saturated heterocycles. The van der Waals surface area contributed by atoms with Crippen LogP contribution in [-0.2, 0) is 5.41 Å². The molecule has 1 fully saturated rings. The Balaban J connectivity index is 1.89. The van der Waals surface area contributed by atoms with Gasteiger partial charge in [-0.1, -0.05) is 42.5 Å². The maximum atomic E-state index is 12.9. The SMILES string of the molecule is CC(C)Oc1cccc(C(=O)C2(c3ccccc3)CC2)c1. The summed E-state index contributed by atoms with van der Waals surface area (Å²) in [6, 6.07) is 17.6. The molecule has 0 aliphatic heterocycles. The van der Waals surface area contributed by atoms with Crippen LogP contribution < -0.4 is 4.74 Å². The predicted octanol–water partition coefficient (Wildman–Crippen LogP) is 4.39. The topological polar surface area (TPSA) is 26.3 Å². The molecule has 0 N–H and O–H groups in total. The van der Waals surface area contributed by atoms with E-state index in [1.807, 2.05) is 56.3 Å². The summed E-state index contributed by atoms with van der Waals surface area (Å²) < 4.78 is 5.69. The molecule has 0 heterocycles. The van der Waals surface area contributed by atoms with E-state index < -0.39 is 0 Å². The second kappa shape index (κ2) is 5.36. The molecule has 0 aromatic heterocycles. The number of ketones is 1. The Labute approximate surface area is 125 Å². The van der Waals surface area contributed by atoms with Crippen molar-refractivity contribution in [3.05, 3.63) is 65.7 Å². The molecule has 1 aliphatic rings. The first-order valence-corrected chi connectivity index (χ1v) is 7.49. The van der Waals surface area contributed by atoms with Gasteiger partial charge in [0.25, 0.3) is 0 Å². The zero-order valence-electron chi connectivity index (χ0n) is 12.5. The monoisotopic (exact) mass is 280 g/mol. The number of hydrogen-bond acceptors (Lipinski definition) is 2. The number of ether oxygens (including phenoxy) is 1. The van der Waals surface area contributed by atoms with E-state index in [1.165, 1.54) is 0 Å². The lowest BCUT2D eigenvalue weighted by atomic mass is 9.87.